The summed E-state index contributed by atoms with van der Waals surface area (Å²) in [6, 6.07) is 13.5. The van der Waals surface area contributed by atoms with E-state index < -0.39 is 0 Å². The number of hydrogen-bond donors (Lipinski definition) is 0. The van der Waals surface area contributed by atoms with Crippen LogP contribution in [0.15, 0.2) is 41.3 Å². The molecule has 0 amide bonds. The summed E-state index contributed by atoms with van der Waals surface area (Å²) in [4.78, 5) is 1.58. The third kappa shape index (κ3) is 4.16. The van der Waals surface area contributed by atoms with Crippen LogP contribution in [0.25, 0.3) is 10.8 Å². The molecule has 2 heteroatoms. The van der Waals surface area contributed by atoms with Gasteiger partial charge in [0.05, 0.1) is 6.61 Å². The molecule has 2 aromatic rings. The molecule has 0 radical (unpaired) electrons. The van der Waals surface area contributed by atoms with Crippen molar-refractivity contribution in [3.63, 3.8) is 0 Å². The fraction of sp³-hybridized carbons (Fsp3) is 0.565. The third-order valence-corrected chi connectivity index (χ3v) is 8.43. The summed E-state index contributed by atoms with van der Waals surface area (Å²) in [5, 5.41) is 2.76. The van der Waals surface area contributed by atoms with Crippen LogP contribution in [0.3, 0.4) is 0 Å². The van der Waals surface area contributed by atoms with Gasteiger partial charge in [-0.15, -0.1) is 0 Å². The average molecular weight is 356 g/mol. The lowest BCUT2D eigenvalue weighted by molar-refractivity contribution is 0.220. The van der Waals surface area contributed by atoms with Crippen molar-refractivity contribution < 1.29 is 4.74 Å². The van der Waals surface area contributed by atoms with Crippen LogP contribution < -0.4 is 4.74 Å². The van der Waals surface area contributed by atoms with E-state index in [9.17, 15) is 0 Å². The monoisotopic (exact) mass is 355 g/mol. The summed E-state index contributed by atoms with van der Waals surface area (Å²) in [6.07, 6.45) is 12.5. The Hall–Kier alpha value is -1.15. The fourth-order valence-electron chi connectivity index (χ4n) is 4.41. The van der Waals surface area contributed by atoms with Crippen molar-refractivity contribution in [1.82, 2.24) is 0 Å². The van der Waals surface area contributed by atoms with E-state index in [0.29, 0.717) is 10.9 Å². The molecule has 2 aliphatic rings. The van der Waals surface area contributed by atoms with Crippen molar-refractivity contribution in [2.75, 3.05) is 18.1 Å². The zero-order valence-corrected chi connectivity index (χ0v) is 16.2. The maximum absolute atomic E-state index is 6.38. The summed E-state index contributed by atoms with van der Waals surface area (Å²) in [6.45, 7) is 0.898. The van der Waals surface area contributed by atoms with Crippen molar-refractivity contribution in [2.45, 2.75) is 62.7 Å². The smallest absolute Gasteiger partial charge is 0.162 e. The highest BCUT2D eigenvalue weighted by atomic mass is 32.2. The predicted molar refractivity (Wildman–Crippen MR) is 110 cm³/mol. The number of rotatable bonds is 4. The molecule has 25 heavy (non-hydrogen) atoms. The first-order valence-corrected chi connectivity index (χ1v) is 11.8. The largest absolute Gasteiger partial charge is 0.493 e. The van der Waals surface area contributed by atoms with Crippen molar-refractivity contribution in [3.8, 4) is 5.75 Å². The molecule has 0 unspecified atom stereocenters. The van der Waals surface area contributed by atoms with Crippen molar-refractivity contribution in [2.24, 2.45) is 5.92 Å². The van der Waals surface area contributed by atoms with Gasteiger partial charge in [-0.05, 0) is 49.8 Å². The molecule has 1 aliphatic carbocycles. The van der Waals surface area contributed by atoms with E-state index in [1.807, 2.05) is 0 Å². The summed E-state index contributed by atoms with van der Waals surface area (Å²) in [7, 11) is 0.458. The van der Waals surface area contributed by atoms with Gasteiger partial charge in [0, 0.05) is 21.7 Å². The van der Waals surface area contributed by atoms with Gasteiger partial charge < -0.3 is 4.74 Å². The normalized spacial score (nSPS) is 20.5. The SMILES string of the molecule is c1ccc2c([S+]3CCCC3)ccc(OCC3CCCCCCC3)c2c1. The van der Waals surface area contributed by atoms with Crippen molar-refractivity contribution >= 4 is 21.7 Å². The van der Waals surface area contributed by atoms with Crippen LogP contribution in [0.1, 0.15) is 57.8 Å². The molecule has 2 aromatic carbocycles. The first kappa shape index (κ1) is 17.3. The zero-order chi connectivity index (χ0) is 16.9. The van der Waals surface area contributed by atoms with E-state index in [0.717, 1.165) is 18.3 Å². The molecule has 1 saturated carbocycles. The molecule has 1 nitrogen and oxygen atoms in total. The maximum atomic E-state index is 6.38. The Morgan fingerprint density at radius 3 is 2.20 bits per heavy atom. The zero-order valence-electron chi connectivity index (χ0n) is 15.3. The summed E-state index contributed by atoms with van der Waals surface area (Å²) in [5.74, 6) is 4.61. The standard InChI is InChI=1S/C23H31OS/c1-2-4-10-19(11-5-3-1)18-24-22-14-15-23(25-16-8-9-17-25)21-13-7-6-12-20(21)22/h6-7,12-15,19H,1-5,8-11,16-18H2/q+1. The van der Waals surface area contributed by atoms with E-state index in [1.165, 1.54) is 80.1 Å². The predicted octanol–water partition coefficient (Wildman–Crippen LogP) is 6.35. The molecule has 0 aromatic heterocycles. The highest BCUT2D eigenvalue weighted by Gasteiger charge is 2.29. The maximum Gasteiger partial charge on any atom is 0.162 e. The lowest BCUT2D eigenvalue weighted by Crippen LogP contribution is -2.14. The molecule has 0 atom stereocenters. The third-order valence-electron chi connectivity index (χ3n) is 5.89. The Morgan fingerprint density at radius 2 is 1.44 bits per heavy atom. The first-order chi connectivity index (χ1) is 12.4. The summed E-state index contributed by atoms with van der Waals surface area (Å²) < 4.78 is 6.38. The Kier molecular flexibility index (Phi) is 5.86. The summed E-state index contributed by atoms with van der Waals surface area (Å²) in [5.41, 5.74) is 0. The minimum atomic E-state index is 0.458. The van der Waals surface area contributed by atoms with Gasteiger partial charge in [-0.25, -0.2) is 0 Å². The van der Waals surface area contributed by atoms with Crippen LogP contribution >= 0.6 is 0 Å². The van der Waals surface area contributed by atoms with Crippen LogP contribution in [0.2, 0.25) is 0 Å². The van der Waals surface area contributed by atoms with E-state index in [2.05, 4.69) is 36.4 Å². The lowest BCUT2D eigenvalue weighted by Gasteiger charge is -2.20. The van der Waals surface area contributed by atoms with Crippen LogP contribution in [-0.2, 0) is 10.9 Å². The molecule has 0 bridgehead atoms. The first-order valence-electron chi connectivity index (χ1n) is 10.2. The van der Waals surface area contributed by atoms with Gasteiger partial charge in [-0.3, -0.25) is 0 Å². The molecule has 4 rings (SSSR count). The van der Waals surface area contributed by atoms with E-state index in [1.54, 1.807) is 4.90 Å². The number of hydrogen-bond acceptors (Lipinski definition) is 1. The average Bonchev–Trinajstić information content (AvgIpc) is 3.15. The van der Waals surface area contributed by atoms with Crippen LogP contribution in [0.4, 0.5) is 0 Å². The van der Waals surface area contributed by atoms with E-state index in [-0.39, 0.29) is 0 Å². The molecular weight excluding hydrogens is 324 g/mol. The topological polar surface area (TPSA) is 9.23 Å². The number of benzene rings is 2. The second-order valence-corrected chi connectivity index (χ2v) is 9.98. The molecular formula is C23H31OS+. The van der Waals surface area contributed by atoms with Gasteiger partial charge in [0.25, 0.3) is 0 Å². The Morgan fingerprint density at radius 1 is 0.760 bits per heavy atom. The molecule has 0 N–H and O–H groups in total. The van der Waals surface area contributed by atoms with Gasteiger partial charge in [0.1, 0.15) is 17.3 Å². The minimum Gasteiger partial charge on any atom is -0.493 e. The van der Waals surface area contributed by atoms with E-state index >= 15 is 0 Å². The number of ether oxygens (including phenoxy) is 1. The fourth-order valence-corrected chi connectivity index (χ4v) is 6.91. The van der Waals surface area contributed by atoms with Crippen LogP contribution in [0, 0.1) is 5.92 Å². The molecule has 134 valence electrons. The van der Waals surface area contributed by atoms with Crippen LogP contribution in [-0.4, -0.2) is 18.1 Å². The molecule has 0 spiro atoms. The van der Waals surface area contributed by atoms with Crippen molar-refractivity contribution in [1.29, 1.82) is 0 Å². The van der Waals surface area contributed by atoms with Gasteiger partial charge in [0.2, 0.25) is 0 Å². The van der Waals surface area contributed by atoms with E-state index in [4.69, 9.17) is 4.74 Å². The molecule has 1 saturated heterocycles. The van der Waals surface area contributed by atoms with Gasteiger partial charge in [-0.1, -0.05) is 50.3 Å². The van der Waals surface area contributed by atoms with Gasteiger partial charge in [0.15, 0.2) is 4.90 Å². The minimum absolute atomic E-state index is 0.458. The van der Waals surface area contributed by atoms with Crippen LogP contribution in [0.5, 0.6) is 5.75 Å². The quantitative estimate of drug-likeness (QED) is 0.581. The highest BCUT2D eigenvalue weighted by molar-refractivity contribution is 7.97. The number of fused-ring (bicyclic) bond motifs is 1. The summed E-state index contributed by atoms with van der Waals surface area (Å²) >= 11 is 0. The Bertz CT molecular complexity index is 682. The highest BCUT2D eigenvalue weighted by Crippen LogP contribution is 2.35. The van der Waals surface area contributed by atoms with Gasteiger partial charge in [-0.2, -0.15) is 0 Å². The Labute approximate surface area is 155 Å². The second kappa shape index (κ2) is 8.49. The second-order valence-electron chi connectivity index (χ2n) is 7.74. The van der Waals surface area contributed by atoms with Crippen molar-refractivity contribution in [3.05, 3.63) is 36.4 Å². The lowest BCUT2D eigenvalue weighted by atomic mass is 9.92. The Balaban J connectivity index is 1.52. The molecule has 2 fully saturated rings. The molecule has 1 heterocycles. The molecule has 1 aliphatic heterocycles. The van der Waals surface area contributed by atoms with Gasteiger partial charge >= 0.3 is 0 Å².